The Balaban J connectivity index is 0.00000480. The number of amides is 1. The third-order valence-electron chi connectivity index (χ3n) is 4.66. The van der Waals surface area contributed by atoms with Crippen LogP contribution in [0.4, 0.5) is 0 Å². The molecule has 0 aliphatic rings. The maximum Gasteiger partial charge on any atom is 0.257 e. The SMILES string of the molecule is CCNC(=O)COc1cccc(CN=C(NCC)NCC(C)(C)c2ccccc2)c1.I. The molecule has 0 saturated heterocycles. The smallest absolute Gasteiger partial charge is 0.257 e. The third-order valence-corrected chi connectivity index (χ3v) is 4.66. The average Bonchev–Trinajstić information content (AvgIpc) is 2.75. The Hall–Kier alpha value is -2.29. The highest BCUT2D eigenvalue weighted by Gasteiger charge is 2.20. The molecule has 0 heterocycles. The summed E-state index contributed by atoms with van der Waals surface area (Å²) in [6, 6.07) is 18.1. The van der Waals surface area contributed by atoms with Crippen LogP contribution in [0.1, 0.15) is 38.8 Å². The van der Waals surface area contributed by atoms with Crippen molar-refractivity contribution in [3.63, 3.8) is 0 Å². The second-order valence-corrected chi connectivity index (χ2v) is 7.69. The molecule has 0 fully saturated rings. The maximum absolute atomic E-state index is 11.6. The van der Waals surface area contributed by atoms with Gasteiger partial charge in [0.15, 0.2) is 12.6 Å². The molecule has 0 radical (unpaired) electrons. The van der Waals surface area contributed by atoms with E-state index in [2.05, 4.69) is 61.0 Å². The van der Waals surface area contributed by atoms with Crippen molar-refractivity contribution >= 4 is 35.8 Å². The fraction of sp³-hybridized carbons (Fsp3) is 0.417. The van der Waals surface area contributed by atoms with Crippen LogP contribution in [0.2, 0.25) is 0 Å². The minimum atomic E-state index is -0.124. The van der Waals surface area contributed by atoms with Gasteiger partial charge in [-0.05, 0) is 37.1 Å². The maximum atomic E-state index is 11.6. The van der Waals surface area contributed by atoms with Gasteiger partial charge < -0.3 is 20.7 Å². The molecule has 3 N–H and O–H groups in total. The number of carbonyl (C=O) groups is 1. The van der Waals surface area contributed by atoms with Gasteiger partial charge in [0.1, 0.15) is 5.75 Å². The van der Waals surface area contributed by atoms with Crippen LogP contribution in [0.15, 0.2) is 59.6 Å². The number of rotatable bonds is 10. The lowest BCUT2D eigenvalue weighted by Crippen LogP contribution is -2.43. The first-order valence-corrected chi connectivity index (χ1v) is 10.5. The molecule has 7 heteroatoms. The number of nitrogens with zero attached hydrogens (tertiary/aromatic N) is 1. The van der Waals surface area contributed by atoms with Crippen molar-refractivity contribution in [1.82, 2.24) is 16.0 Å². The minimum Gasteiger partial charge on any atom is -0.484 e. The molecule has 0 unspecified atom stereocenters. The number of benzene rings is 2. The summed E-state index contributed by atoms with van der Waals surface area (Å²) in [7, 11) is 0. The van der Waals surface area contributed by atoms with Crippen molar-refractivity contribution in [2.45, 2.75) is 39.7 Å². The Bertz CT molecular complexity index is 825. The number of ether oxygens (including phenoxy) is 1. The van der Waals surface area contributed by atoms with Gasteiger partial charge in [-0.1, -0.05) is 56.3 Å². The summed E-state index contributed by atoms with van der Waals surface area (Å²) >= 11 is 0. The van der Waals surface area contributed by atoms with Crippen LogP contribution in [-0.2, 0) is 16.8 Å². The summed E-state index contributed by atoms with van der Waals surface area (Å²) in [4.78, 5) is 16.3. The van der Waals surface area contributed by atoms with Crippen molar-refractivity contribution in [2.24, 2.45) is 4.99 Å². The van der Waals surface area contributed by atoms with Gasteiger partial charge in [-0.25, -0.2) is 4.99 Å². The van der Waals surface area contributed by atoms with Crippen LogP contribution < -0.4 is 20.7 Å². The molecule has 31 heavy (non-hydrogen) atoms. The van der Waals surface area contributed by atoms with E-state index in [1.165, 1.54) is 5.56 Å². The topological polar surface area (TPSA) is 74.8 Å². The standard InChI is InChI=1S/C24H34N4O2.HI/c1-5-25-22(29)17-30-21-14-10-11-19(15-21)16-27-23(26-6-2)28-18-24(3,4)20-12-8-7-9-13-20;/h7-15H,5-6,16-18H2,1-4H3,(H,25,29)(H2,26,27,28);1H. The predicted molar refractivity (Wildman–Crippen MR) is 138 cm³/mol. The summed E-state index contributed by atoms with van der Waals surface area (Å²) in [5.74, 6) is 1.31. The minimum absolute atomic E-state index is 0. The van der Waals surface area contributed by atoms with Crippen molar-refractivity contribution in [1.29, 1.82) is 0 Å². The number of aliphatic imine (C=N–C) groups is 1. The Morgan fingerprint density at radius 1 is 0.968 bits per heavy atom. The highest BCUT2D eigenvalue weighted by molar-refractivity contribution is 14.0. The summed E-state index contributed by atoms with van der Waals surface area (Å²) in [6.07, 6.45) is 0. The largest absolute Gasteiger partial charge is 0.484 e. The van der Waals surface area contributed by atoms with Gasteiger partial charge in [0.2, 0.25) is 0 Å². The second kappa shape index (κ2) is 13.9. The van der Waals surface area contributed by atoms with E-state index >= 15 is 0 Å². The highest BCUT2D eigenvalue weighted by Crippen LogP contribution is 2.21. The van der Waals surface area contributed by atoms with E-state index in [0.717, 1.165) is 24.6 Å². The van der Waals surface area contributed by atoms with E-state index in [1.54, 1.807) is 0 Å². The van der Waals surface area contributed by atoms with Gasteiger partial charge in [0, 0.05) is 25.0 Å². The van der Waals surface area contributed by atoms with Crippen LogP contribution in [-0.4, -0.2) is 38.1 Å². The van der Waals surface area contributed by atoms with E-state index in [-0.39, 0.29) is 41.9 Å². The van der Waals surface area contributed by atoms with E-state index in [0.29, 0.717) is 18.8 Å². The predicted octanol–water partition coefficient (Wildman–Crippen LogP) is 3.85. The van der Waals surface area contributed by atoms with Crippen LogP contribution in [0.5, 0.6) is 5.75 Å². The van der Waals surface area contributed by atoms with Gasteiger partial charge >= 0.3 is 0 Å². The summed E-state index contributed by atoms with van der Waals surface area (Å²) < 4.78 is 5.56. The third kappa shape index (κ3) is 9.59. The van der Waals surface area contributed by atoms with E-state index in [4.69, 9.17) is 9.73 Å². The summed E-state index contributed by atoms with van der Waals surface area (Å²) in [5, 5.41) is 9.47. The highest BCUT2D eigenvalue weighted by atomic mass is 127. The molecule has 1 amide bonds. The van der Waals surface area contributed by atoms with E-state index < -0.39 is 0 Å². The lowest BCUT2D eigenvalue weighted by atomic mass is 9.85. The lowest BCUT2D eigenvalue weighted by molar-refractivity contribution is -0.122. The van der Waals surface area contributed by atoms with Crippen molar-refractivity contribution in [2.75, 3.05) is 26.2 Å². The first-order chi connectivity index (χ1) is 14.4. The Kier molecular flexibility index (Phi) is 12.0. The normalized spacial score (nSPS) is 11.3. The number of nitrogens with one attached hydrogen (secondary N) is 3. The summed E-state index contributed by atoms with van der Waals surface area (Å²) in [5.41, 5.74) is 2.28. The summed E-state index contributed by atoms with van der Waals surface area (Å²) in [6.45, 7) is 11.0. The molecule has 0 aromatic heterocycles. The molecule has 2 rings (SSSR count). The first kappa shape index (κ1) is 26.7. The van der Waals surface area contributed by atoms with E-state index in [9.17, 15) is 4.79 Å². The van der Waals surface area contributed by atoms with E-state index in [1.807, 2.05) is 37.3 Å². The van der Waals surface area contributed by atoms with Crippen molar-refractivity contribution in [3.8, 4) is 5.75 Å². The molecule has 2 aromatic carbocycles. The number of hydrogen-bond donors (Lipinski definition) is 3. The molecule has 0 aliphatic carbocycles. The number of halogens is 1. The fourth-order valence-electron chi connectivity index (χ4n) is 2.94. The monoisotopic (exact) mass is 538 g/mol. The molecule has 0 spiro atoms. The fourth-order valence-corrected chi connectivity index (χ4v) is 2.94. The molecular formula is C24H35IN4O2. The lowest BCUT2D eigenvalue weighted by Gasteiger charge is -2.26. The zero-order valence-corrected chi connectivity index (χ0v) is 21.2. The zero-order chi connectivity index (χ0) is 21.8. The van der Waals surface area contributed by atoms with Crippen molar-refractivity contribution in [3.05, 3.63) is 65.7 Å². The second-order valence-electron chi connectivity index (χ2n) is 7.69. The zero-order valence-electron chi connectivity index (χ0n) is 18.9. The average molecular weight is 538 g/mol. The molecular weight excluding hydrogens is 503 g/mol. The van der Waals surface area contributed by atoms with Gasteiger partial charge in [-0.15, -0.1) is 24.0 Å². The number of likely N-dealkylation sites (N-methyl/N-ethyl adjacent to an activating group) is 1. The molecule has 0 bridgehead atoms. The molecule has 6 nitrogen and oxygen atoms in total. The molecule has 170 valence electrons. The van der Waals surface area contributed by atoms with Gasteiger partial charge in [0.05, 0.1) is 6.54 Å². The number of hydrogen-bond acceptors (Lipinski definition) is 3. The Morgan fingerprint density at radius 3 is 2.35 bits per heavy atom. The van der Waals surface area contributed by atoms with Crippen LogP contribution in [0, 0.1) is 0 Å². The number of carbonyl (C=O) groups excluding carboxylic acids is 1. The Labute approximate surface area is 203 Å². The van der Waals surface area contributed by atoms with Gasteiger partial charge in [-0.3, -0.25) is 4.79 Å². The molecule has 0 atom stereocenters. The van der Waals surface area contributed by atoms with Crippen molar-refractivity contribution < 1.29 is 9.53 Å². The molecule has 0 aliphatic heterocycles. The van der Waals surface area contributed by atoms with Crippen LogP contribution in [0.3, 0.4) is 0 Å². The first-order valence-electron chi connectivity index (χ1n) is 10.5. The van der Waals surface area contributed by atoms with Crippen LogP contribution in [0.25, 0.3) is 0 Å². The van der Waals surface area contributed by atoms with Gasteiger partial charge in [-0.2, -0.15) is 0 Å². The Morgan fingerprint density at radius 2 is 1.68 bits per heavy atom. The quantitative estimate of drug-likeness (QED) is 0.244. The van der Waals surface area contributed by atoms with Gasteiger partial charge in [0.25, 0.3) is 5.91 Å². The molecule has 2 aromatic rings. The van der Waals surface area contributed by atoms with Crippen LogP contribution >= 0.6 is 24.0 Å². The molecule has 0 saturated carbocycles. The number of guanidine groups is 1.